The molecule has 0 heterocycles. The topological polar surface area (TPSA) is 17.1 Å². The molecule has 0 amide bonds. The Kier molecular flexibility index (Phi) is 15.7. The normalized spacial score (nSPS) is 9.03. The van der Waals surface area contributed by atoms with Crippen LogP contribution in [-0.4, -0.2) is 6.29 Å². The summed E-state index contributed by atoms with van der Waals surface area (Å²) in [6.07, 6.45) is 4.52. The molecule has 1 nitrogen and oxygen atoms in total. The first-order chi connectivity index (χ1) is 14.4. The van der Waals surface area contributed by atoms with E-state index in [2.05, 4.69) is 84.0 Å². The van der Waals surface area contributed by atoms with E-state index in [0.717, 1.165) is 23.8 Å². The standard InChI is InChI=1S/C10H12O.C8H10.C7H8.C4H10/c1-3-9-4-8(2)5-10(6-9)7-11;1-7-3-5-8(2)6-4-7;1-7-5-3-2-4-6-7;1-3-4-2/h4-7H,3H2,1-2H3;3-6H,1-2H3;2-6H,1H3;3-4H2,1-2H3. The lowest BCUT2D eigenvalue weighted by Gasteiger charge is -1.99. The maximum absolute atomic E-state index is 10.4. The van der Waals surface area contributed by atoms with Gasteiger partial charge in [0.1, 0.15) is 6.29 Å². The number of rotatable bonds is 3. The zero-order valence-electron chi connectivity index (χ0n) is 20.0. The van der Waals surface area contributed by atoms with E-state index in [4.69, 9.17) is 0 Å². The average molecular weight is 405 g/mol. The summed E-state index contributed by atoms with van der Waals surface area (Å²) in [4.78, 5) is 10.4. The summed E-state index contributed by atoms with van der Waals surface area (Å²) >= 11 is 0. The van der Waals surface area contributed by atoms with Gasteiger partial charge in [0, 0.05) is 5.56 Å². The number of aldehydes is 1. The van der Waals surface area contributed by atoms with Crippen molar-refractivity contribution in [3.05, 3.63) is 106 Å². The lowest BCUT2D eigenvalue weighted by molar-refractivity contribution is 0.112. The fraction of sp³-hybridized carbons (Fsp3) is 0.345. The molecule has 0 unspecified atom stereocenters. The van der Waals surface area contributed by atoms with Gasteiger partial charge in [-0.15, -0.1) is 0 Å². The molecule has 0 spiro atoms. The zero-order valence-corrected chi connectivity index (χ0v) is 20.0. The van der Waals surface area contributed by atoms with Crippen LogP contribution in [0, 0.1) is 27.7 Å². The Morgan fingerprint density at radius 3 is 1.40 bits per heavy atom. The van der Waals surface area contributed by atoms with Gasteiger partial charge in [-0.3, -0.25) is 4.79 Å². The van der Waals surface area contributed by atoms with Crippen LogP contribution in [0.25, 0.3) is 0 Å². The van der Waals surface area contributed by atoms with Crippen LogP contribution in [0.5, 0.6) is 0 Å². The molecular weight excluding hydrogens is 364 g/mol. The van der Waals surface area contributed by atoms with Gasteiger partial charge in [-0.25, -0.2) is 0 Å². The fourth-order valence-corrected chi connectivity index (χ4v) is 2.34. The van der Waals surface area contributed by atoms with Crippen LogP contribution in [0.3, 0.4) is 0 Å². The molecule has 0 N–H and O–H groups in total. The third-order valence-corrected chi connectivity index (χ3v) is 4.36. The molecule has 0 saturated carbocycles. The van der Waals surface area contributed by atoms with Crippen LogP contribution >= 0.6 is 0 Å². The first kappa shape index (κ1) is 27.3. The van der Waals surface area contributed by atoms with Crippen molar-refractivity contribution >= 4 is 6.29 Å². The maximum Gasteiger partial charge on any atom is 0.150 e. The molecule has 3 rings (SSSR count). The third-order valence-electron chi connectivity index (χ3n) is 4.36. The molecule has 0 aliphatic carbocycles. The van der Waals surface area contributed by atoms with Crippen LogP contribution < -0.4 is 0 Å². The lowest BCUT2D eigenvalue weighted by Crippen LogP contribution is -1.87. The van der Waals surface area contributed by atoms with Crippen molar-refractivity contribution < 1.29 is 4.79 Å². The summed E-state index contributed by atoms with van der Waals surface area (Å²) in [5.41, 5.74) is 7.15. The molecule has 0 aromatic heterocycles. The second-order valence-corrected chi connectivity index (χ2v) is 7.53. The highest BCUT2D eigenvalue weighted by Gasteiger charge is 1.94. The van der Waals surface area contributed by atoms with E-state index in [0.29, 0.717) is 0 Å². The van der Waals surface area contributed by atoms with Gasteiger partial charge < -0.3 is 0 Å². The maximum atomic E-state index is 10.4. The smallest absolute Gasteiger partial charge is 0.150 e. The highest BCUT2D eigenvalue weighted by molar-refractivity contribution is 5.75. The van der Waals surface area contributed by atoms with Crippen LogP contribution in [0.1, 0.15) is 71.8 Å². The number of carbonyl (C=O) groups excluding carboxylic acids is 1. The molecular formula is C29H40O. The molecule has 3 aromatic rings. The van der Waals surface area contributed by atoms with Gasteiger partial charge in [0.25, 0.3) is 0 Å². The SMILES string of the molecule is CCCC.CCc1cc(C)cc(C=O)c1.Cc1ccc(C)cc1.Cc1ccccc1. The minimum atomic E-state index is 0.779. The molecule has 0 aliphatic heterocycles. The lowest BCUT2D eigenvalue weighted by atomic mass is 10.1. The summed E-state index contributed by atoms with van der Waals surface area (Å²) in [6.45, 7) is 14.7. The van der Waals surface area contributed by atoms with Gasteiger partial charge in [0.2, 0.25) is 0 Å². The Bertz CT molecular complexity index is 779. The van der Waals surface area contributed by atoms with Crippen molar-refractivity contribution in [2.75, 3.05) is 0 Å². The van der Waals surface area contributed by atoms with Gasteiger partial charge in [-0.1, -0.05) is 117 Å². The fourth-order valence-electron chi connectivity index (χ4n) is 2.34. The number of benzene rings is 3. The second-order valence-electron chi connectivity index (χ2n) is 7.53. The number of hydrogen-bond acceptors (Lipinski definition) is 1. The summed E-state index contributed by atoms with van der Waals surface area (Å²) in [7, 11) is 0. The molecule has 0 saturated heterocycles. The van der Waals surface area contributed by atoms with E-state index in [1.54, 1.807) is 0 Å². The van der Waals surface area contributed by atoms with Crippen LogP contribution in [0.2, 0.25) is 0 Å². The van der Waals surface area contributed by atoms with Crippen molar-refractivity contribution in [3.63, 3.8) is 0 Å². The second kappa shape index (κ2) is 17.2. The van der Waals surface area contributed by atoms with Crippen LogP contribution in [0.15, 0.2) is 72.8 Å². The first-order valence-electron chi connectivity index (χ1n) is 11.0. The molecule has 0 aliphatic rings. The third kappa shape index (κ3) is 14.3. The van der Waals surface area contributed by atoms with Crippen molar-refractivity contribution in [2.45, 2.75) is 67.7 Å². The molecule has 30 heavy (non-hydrogen) atoms. The molecule has 3 aromatic carbocycles. The molecule has 0 atom stereocenters. The Hall–Kier alpha value is -2.67. The van der Waals surface area contributed by atoms with E-state index in [9.17, 15) is 4.79 Å². The predicted octanol–water partition coefficient (Wildman–Crippen LogP) is 8.47. The minimum absolute atomic E-state index is 0.779. The number of unbranched alkanes of at least 4 members (excludes halogenated alkanes) is 1. The molecule has 162 valence electrons. The number of carbonyl (C=O) groups is 1. The minimum Gasteiger partial charge on any atom is -0.298 e. The summed E-state index contributed by atoms with van der Waals surface area (Å²) in [5, 5.41) is 0. The monoisotopic (exact) mass is 404 g/mol. The summed E-state index contributed by atoms with van der Waals surface area (Å²) < 4.78 is 0. The van der Waals surface area contributed by atoms with Gasteiger partial charge in [-0.05, 0) is 51.8 Å². The number of hydrogen-bond donors (Lipinski definition) is 0. The van der Waals surface area contributed by atoms with E-state index < -0.39 is 0 Å². The Morgan fingerprint density at radius 1 is 0.600 bits per heavy atom. The van der Waals surface area contributed by atoms with Gasteiger partial charge in [0.05, 0.1) is 0 Å². The van der Waals surface area contributed by atoms with Crippen molar-refractivity contribution in [3.8, 4) is 0 Å². The largest absolute Gasteiger partial charge is 0.298 e. The highest BCUT2D eigenvalue weighted by Crippen LogP contribution is 2.08. The highest BCUT2D eigenvalue weighted by atomic mass is 16.1. The Labute approximate surface area is 185 Å². The quantitative estimate of drug-likeness (QED) is 0.400. The van der Waals surface area contributed by atoms with Gasteiger partial charge in [0.15, 0.2) is 0 Å². The first-order valence-corrected chi connectivity index (χ1v) is 11.0. The Morgan fingerprint density at radius 2 is 1.07 bits per heavy atom. The molecule has 0 fully saturated rings. The molecule has 1 heteroatoms. The van der Waals surface area contributed by atoms with Gasteiger partial charge >= 0.3 is 0 Å². The van der Waals surface area contributed by atoms with Crippen LogP contribution in [0.4, 0.5) is 0 Å². The van der Waals surface area contributed by atoms with E-state index in [1.807, 2.05) is 37.3 Å². The van der Waals surface area contributed by atoms with Crippen LogP contribution in [-0.2, 0) is 6.42 Å². The van der Waals surface area contributed by atoms with E-state index in [-0.39, 0.29) is 0 Å². The van der Waals surface area contributed by atoms with Crippen molar-refractivity contribution in [2.24, 2.45) is 0 Å². The van der Waals surface area contributed by atoms with Gasteiger partial charge in [-0.2, -0.15) is 0 Å². The van der Waals surface area contributed by atoms with E-state index in [1.165, 1.54) is 35.1 Å². The predicted molar refractivity (Wildman–Crippen MR) is 134 cm³/mol. The van der Waals surface area contributed by atoms with E-state index >= 15 is 0 Å². The Balaban J connectivity index is 0.000000395. The van der Waals surface area contributed by atoms with Crippen molar-refractivity contribution in [1.29, 1.82) is 0 Å². The van der Waals surface area contributed by atoms with Crippen molar-refractivity contribution in [1.82, 2.24) is 0 Å². The molecule has 0 radical (unpaired) electrons. The zero-order chi connectivity index (χ0) is 22.8. The average Bonchev–Trinajstić information content (AvgIpc) is 2.77. The summed E-state index contributed by atoms with van der Waals surface area (Å²) in [5.74, 6) is 0. The number of aryl methyl sites for hydroxylation is 5. The summed E-state index contributed by atoms with van der Waals surface area (Å²) in [6, 6.07) is 24.7. The molecule has 0 bridgehead atoms.